The molecular weight excluding hydrogens is 301 g/mol. The van der Waals surface area contributed by atoms with E-state index in [4.69, 9.17) is 5.11 Å². The van der Waals surface area contributed by atoms with Crippen LogP contribution in [0.15, 0.2) is 39.9 Å². The SMILES string of the molecule is CCOC(=O)C(N=Nc1ccc(C)cc1C)=C(O)C(F)(F)F. The molecule has 0 fully saturated rings. The third-order valence-electron chi connectivity index (χ3n) is 2.57. The summed E-state index contributed by atoms with van der Waals surface area (Å²) >= 11 is 0. The zero-order valence-corrected chi connectivity index (χ0v) is 12.2. The summed E-state index contributed by atoms with van der Waals surface area (Å²) in [7, 11) is 0. The highest BCUT2D eigenvalue weighted by Gasteiger charge is 2.39. The molecule has 0 saturated heterocycles. The van der Waals surface area contributed by atoms with Gasteiger partial charge in [0.05, 0.1) is 12.3 Å². The number of aliphatic hydroxyl groups excluding tert-OH is 1. The number of halogens is 3. The van der Waals surface area contributed by atoms with E-state index in [1.54, 1.807) is 25.1 Å². The van der Waals surface area contributed by atoms with Gasteiger partial charge in [-0.1, -0.05) is 17.7 Å². The molecule has 0 heterocycles. The lowest BCUT2D eigenvalue weighted by molar-refractivity contribution is -0.143. The van der Waals surface area contributed by atoms with Crippen LogP contribution in [0.3, 0.4) is 0 Å². The minimum Gasteiger partial charge on any atom is -0.502 e. The summed E-state index contributed by atoms with van der Waals surface area (Å²) in [4.78, 5) is 11.5. The smallest absolute Gasteiger partial charge is 0.451 e. The van der Waals surface area contributed by atoms with Crippen LogP contribution < -0.4 is 0 Å². The van der Waals surface area contributed by atoms with Crippen LogP contribution in [0.4, 0.5) is 18.9 Å². The number of hydrogen-bond donors (Lipinski definition) is 1. The average molecular weight is 316 g/mol. The number of aryl methyl sites for hydroxylation is 2. The summed E-state index contributed by atoms with van der Waals surface area (Å²) in [6, 6.07) is 4.99. The van der Waals surface area contributed by atoms with Gasteiger partial charge in [-0.3, -0.25) is 0 Å². The van der Waals surface area contributed by atoms with E-state index in [0.717, 1.165) is 5.56 Å². The number of allylic oxidation sites excluding steroid dienone is 1. The zero-order valence-electron chi connectivity index (χ0n) is 12.2. The predicted octanol–water partition coefficient (Wildman–Crippen LogP) is 4.28. The Balaban J connectivity index is 3.24. The molecule has 1 aromatic carbocycles. The van der Waals surface area contributed by atoms with E-state index < -0.39 is 23.6 Å². The van der Waals surface area contributed by atoms with E-state index in [2.05, 4.69) is 15.0 Å². The summed E-state index contributed by atoms with van der Waals surface area (Å²) in [5.74, 6) is -3.54. The van der Waals surface area contributed by atoms with Crippen LogP contribution in [0.25, 0.3) is 0 Å². The summed E-state index contributed by atoms with van der Waals surface area (Å²) in [5.41, 5.74) is 0.603. The molecule has 1 N–H and O–H groups in total. The summed E-state index contributed by atoms with van der Waals surface area (Å²) < 4.78 is 42.1. The van der Waals surface area contributed by atoms with Gasteiger partial charge in [-0.2, -0.15) is 13.2 Å². The maximum absolute atomic E-state index is 12.5. The number of aliphatic hydroxyl groups is 1. The fraction of sp³-hybridized carbons (Fsp3) is 0.357. The first-order chi connectivity index (χ1) is 10.2. The average Bonchev–Trinajstić information content (AvgIpc) is 2.40. The maximum atomic E-state index is 12.5. The van der Waals surface area contributed by atoms with Gasteiger partial charge in [-0.25, -0.2) is 4.79 Å². The number of ether oxygens (including phenoxy) is 1. The van der Waals surface area contributed by atoms with Crippen LogP contribution in [0.1, 0.15) is 18.1 Å². The predicted molar refractivity (Wildman–Crippen MR) is 72.8 cm³/mol. The van der Waals surface area contributed by atoms with Gasteiger partial charge in [0.15, 0.2) is 0 Å². The maximum Gasteiger partial charge on any atom is 0.451 e. The quantitative estimate of drug-likeness (QED) is 0.390. The first kappa shape index (κ1) is 17.7. The van der Waals surface area contributed by atoms with Crippen molar-refractivity contribution in [3.63, 3.8) is 0 Å². The van der Waals surface area contributed by atoms with Crippen molar-refractivity contribution in [1.29, 1.82) is 0 Å². The van der Waals surface area contributed by atoms with E-state index in [0.29, 0.717) is 5.56 Å². The lowest BCUT2D eigenvalue weighted by atomic mass is 10.1. The van der Waals surface area contributed by atoms with Gasteiger partial charge >= 0.3 is 12.1 Å². The van der Waals surface area contributed by atoms with E-state index in [-0.39, 0.29) is 12.3 Å². The highest BCUT2D eigenvalue weighted by molar-refractivity contribution is 5.88. The van der Waals surface area contributed by atoms with Crippen molar-refractivity contribution in [2.24, 2.45) is 10.2 Å². The van der Waals surface area contributed by atoms with Crippen molar-refractivity contribution in [2.75, 3.05) is 6.61 Å². The molecule has 0 aliphatic heterocycles. The zero-order chi connectivity index (χ0) is 16.9. The Bertz CT molecular complexity index is 622. The fourth-order valence-electron chi connectivity index (χ4n) is 1.54. The van der Waals surface area contributed by atoms with Crippen LogP contribution in [0, 0.1) is 13.8 Å². The molecular formula is C14H15F3N2O3. The first-order valence-electron chi connectivity index (χ1n) is 6.33. The molecule has 0 radical (unpaired) electrons. The monoisotopic (exact) mass is 316 g/mol. The molecule has 0 atom stereocenters. The van der Waals surface area contributed by atoms with Gasteiger partial charge in [0.2, 0.25) is 11.5 Å². The van der Waals surface area contributed by atoms with Crippen LogP contribution in [0.5, 0.6) is 0 Å². The van der Waals surface area contributed by atoms with Crippen molar-refractivity contribution < 1.29 is 27.8 Å². The number of nitrogens with zero attached hydrogens (tertiary/aromatic N) is 2. The Morgan fingerprint density at radius 2 is 1.95 bits per heavy atom. The number of hydrogen-bond acceptors (Lipinski definition) is 5. The first-order valence-corrected chi connectivity index (χ1v) is 6.33. The highest BCUT2D eigenvalue weighted by Crippen LogP contribution is 2.28. The lowest BCUT2D eigenvalue weighted by Crippen LogP contribution is -2.18. The van der Waals surface area contributed by atoms with Crippen molar-refractivity contribution in [2.45, 2.75) is 26.9 Å². The minimum absolute atomic E-state index is 0.160. The standard InChI is InChI=1S/C14H15F3N2O3/c1-4-22-13(21)11(12(20)14(15,16)17)19-18-10-6-5-8(2)7-9(10)3/h5-7,20H,4H2,1-3H3. The van der Waals surface area contributed by atoms with Crippen LogP contribution in [-0.4, -0.2) is 23.9 Å². The number of carbonyl (C=O) groups excluding carboxylic acids is 1. The van der Waals surface area contributed by atoms with Gasteiger partial charge < -0.3 is 9.84 Å². The van der Waals surface area contributed by atoms with Crippen molar-refractivity contribution in [3.05, 3.63) is 40.8 Å². The van der Waals surface area contributed by atoms with Crippen LogP contribution in [0.2, 0.25) is 0 Å². The second-order valence-corrected chi connectivity index (χ2v) is 4.41. The van der Waals surface area contributed by atoms with Gasteiger partial charge in [-0.15, -0.1) is 10.2 Å². The second kappa shape index (κ2) is 7.06. The number of esters is 1. The third kappa shape index (κ3) is 4.57. The summed E-state index contributed by atoms with van der Waals surface area (Å²) in [6.07, 6.45) is -5.12. The van der Waals surface area contributed by atoms with Gasteiger partial charge in [-0.05, 0) is 32.4 Å². The molecule has 120 valence electrons. The largest absolute Gasteiger partial charge is 0.502 e. The Morgan fingerprint density at radius 3 is 2.45 bits per heavy atom. The Labute approximate surface area is 125 Å². The molecule has 0 aliphatic carbocycles. The molecule has 1 aromatic rings. The van der Waals surface area contributed by atoms with Crippen molar-refractivity contribution in [3.8, 4) is 0 Å². The number of benzene rings is 1. The fourth-order valence-corrected chi connectivity index (χ4v) is 1.54. The van der Waals surface area contributed by atoms with Gasteiger partial charge in [0.25, 0.3) is 0 Å². The molecule has 5 nitrogen and oxygen atoms in total. The molecule has 8 heteroatoms. The van der Waals surface area contributed by atoms with E-state index in [1.165, 1.54) is 6.92 Å². The Hall–Kier alpha value is -2.38. The van der Waals surface area contributed by atoms with Gasteiger partial charge in [0, 0.05) is 0 Å². The molecule has 0 saturated carbocycles. The molecule has 0 spiro atoms. The molecule has 0 amide bonds. The van der Waals surface area contributed by atoms with Gasteiger partial charge in [0.1, 0.15) is 0 Å². The van der Waals surface area contributed by atoms with Crippen LogP contribution in [-0.2, 0) is 9.53 Å². The normalized spacial score (nSPS) is 13.2. The number of azo groups is 1. The molecule has 0 bridgehead atoms. The highest BCUT2D eigenvalue weighted by atomic mass is 19.4. The lowest BCUT2D eigenvalue weighted by Gasteiger charge is -2.08. The Morgan fingerprint density at radius 1 is 1.32 bits per heavy atom. The number of carbonyl (C=O) groups is 1. The Kier molecular flexibility index (Phi) is 5.67. The third-order valence-corrected chi connectivity index (χ3v) is 2.57. The molecule has 22 heavy (non-hydrogen) atoms. The summed E-state index contributed by atoms with van der Waals surface area (Å²) in [6.45, 7) is 4.79. The molecule has 0 aromatic heterocycles. The van der Waals surface area contributed by atoms with E-state index in [9.17, 15) is 18.0 Å². The topological polar surface area (TPSA) is 71.2 Å². The summed E-state index contributed by atoms with van der Waals surface area (Å²) in [5, 5.41) is 16.0. The molecule has 1 rings (SSSR count). The second-order valence-electron chi connectivity index (χ2n) is 4.41. The minimum atomic E-state index is -5.12. The molecule has 0 unspecified atom stereocenters. The van der Waals surface area contributed by atoms with E-state index >= 15 is 0 Å². The van der Waals surface area contributed by atoms with Crippen molar-refractivity contribution in [1.82, 2.24) is 0 Å². The number of alkyl halides is 3. The molecule has 0 aliphatic rings. The van der Waals surface area contributed by atoms with Crippen LogP contribution >= 0.6 is 0 Å². The number of rotatable bonds is 4. The van der Waals surface area contributed by atoms with Crippen molar-refractivity contribution >= 4 is 11.7 Å². The van der Waals surface area contributed by atoms with E-state index in [1.807, 2.05) is 6.92 Å².